The summed E-state index contributed by atoms with van der Waals surface area (Å²) >= 11 is 0. The first-order chi connectivity index (χ1) is 12.2. The summed E-state index contributed by atoms with van der Waals surface area (Å²) in [4.78, 5) is 40.2. The van der Waals surface area contributed by atoms with Crippen molar-refractivity contribution in [2.24, 2.45) is 5.41 Å². The summed E-state index contributed by atoms with van der Waals surface area (Å²) in [5, 5.41) is 0. The molecule has 3 aliphatic heterocycles. The minimum absolute atomic E-state index is 0.140. The molecule has 2 bridgehead atoms. The van der Waals surface area contributed by atoms with Crippen molar-refractivity contribution in [2.75, 3.05) is 7.11 Å². The quantitative estimate of drug-likeness (QED) is 0.759. The van der Waals surface area contributed by atoms with Crippen molar-refractivity contribution in [3.63, 3.8) is 0 Å². The first-order valence-electron chi connectivity index (χ1n) is 8.54. The summed E-state index contributed by atoms with van der Waals surface area (Å²) < 4.78 is 16.7. The molecule has 138 valence electrons. The predicted octanol–water partition coefficient (Wildman–Crippen LogP) is 1.40. The highest BCUT2D eigenvalue weighted by Crippen LogP contribution is 2.72. The van der Waals surface area contributed by atoms with E-state index in [1.807, 2.05) is 30.3 Å². The number of esters is 2. The van der Waals surface area contributed by atoms with Gasteiger partial charge in [-0.2, -0.15) is 0 Å². The van der Waals surface area contributed by atoms with Crippen molar-refractivity contribution in [1.82, 2.24) is 4.90 Å². The van der Waals surface area contributed by atoms with E-state index < -0.39 is 34.4 Å². The SMILES string of the molecule is COC(=O)[C@@]12C[C@@]3(C)O[C@@]1(C)OC(=O)[C@]2(Cc1ccccc1)N3C(C)=O. The zero-order chi connectivity index (χ0) is 19.0. The van der Waals surface area contributed by atoms with Crippen LogP contribution in [0.25, 0.3) is 0 Å². The van der Waals surface area contributed by atoms with Gasteiger partial charge in [-0.3, -0.25) is 14.5 Å². The zero-order valence-electron chi connectivity index (χ0n) is 15.2. The van der Waals surface area contributed by atoms with Crippen molar-refractivity contribution >= 4 is 17.8 Å². The average molecular weight is 359 g/mol. The molecule has 3 saturated heterocycles. The van der Waals surface area contributed by atoms with Gasteiger partial charge in [0, 0.05) is 26.7 Å². The molecule has 7 heteroatoms. The van der Waals surface area contributed by atoms with Crippen molar-refractivity contribution in [2.45, 2.75) is 50.7 Å². The molecule has 0 aliphatic carbocycles. The molecule has 0 aromatic heterocycles. The molecule has 4 atom stereocenters. The van der Waals surface area contributed by atoms with Gasteiger partial charge < -0.3 is 14.2 Å². The normalized spacial score (nSPS) is 39.8. The van der Waals surface area contributed by atoms with Gasteiger partial charge >= 0.3 is 11.9 Å². The van der Waals surface area contributed by atoms with Gasteiger partial charge in [-0.15, -0.1) is 0 Å². The second-order valence-corrected chi connectivity index (χ2v) is 7.56. The molecule has 0 unspecified atom stereocenters. The number of rotatable bonds is 3. The lowest BCUT2D eigenvalue weighted by molar-refractivity contribution is -0.285. The Morgan fingerprint density at radius 3 is 2.46 bits per heavy atom. The highest BCUT2D eigenvalue weighted by Gasteiger charge is 2.92. The molecule has 7 nitrogen and oxygen atoms in total. The van der Waals surface area contributed by atoms with Gasteiger partial charge in [-0.25, -0.2) is 4.79 Å². The van der Waals surface area contributed by atoms with E-state index in [4.69, 9.17) is 14.2 Å². The number of hydrogen-bond donors (Lipinski definition) is 0. The summed E-state index contributed by atoms with van der Waals surface area (Å²) in [6.07, 6.45) is 0.289. The average Bonchev–Trinajstić information content (AvgIpc) is 2.99. The van der Waals surface area contributed by atoms with Crippen LogP contribution < -0.4 is 0 Å². The van der Waals surface area contributed by atoms with E-state index in [0.29, 0.717) is 0 Å². The van der Waals surface area contributed by atoms with E-state index in [9.17, 15) is 14.4 Å². The Hall–Kier alpha value is -2.41. The Morgan fingerprint density at radius 1 is 1.23 bits per heavy atom. The molecule has 1 aromatic rings. The Bertz CT molecular complexity index is 825. The van der Waals surface area contributed by atoms with E-state index >= 15 is 0 Å². The lowest BCUT2D eigenvalue weighted by Gasteiger charge is -2.49. The fourth-order valence-corrected chi connectivity index (χ4v) is 5.47. The van der Waals surface area contributed by atoms with Gasteiger partial charge in [-0.1, -0.05) is 30.3 Å². The van der Waals surface area contributed by atoms with Gasteiger partial charge in [0.1, 0.15) is 5.72 Å². The fourth-order valence-electron chi connectivity index (χ4n) is 5.47. The number of fused-ring (bicyclic) bond motifs is 1. The predicted molar refractivity (Wildman–Crippen MR) is 88.5 cm³/mol. The van der Waals surface area contributed by atoms with E-state index in [1.165, 1.54) is 18.9 Å². The van der Waals surface area contributed by atoms with Crippen LogP contribution in [0.3, 0.4) is 0 Å². The number of carbonyl (C=O) groups excluding carboxylic acids is 3. The molecule has 4 rings (SSSR count). The van der Waals surface area contributed by atoms with Crippen molar-refractivity contribution < 1.29 is 28.6 Å². The van der Waals surface area contributed by atoms with Crippen molar-refractivity contribution in [3.05, 3.63) is 35.9 Å². The first kappa shape index (κ1) is 17.0. The van der Waals surface area contributed by atoms with Gasteiger partial charge in [0.15, 0.2) is 11.0 Å². The van der Waals surface area contributed by atoms with Crippen molar-refractivity contribution in [3.8, 4) is 0 Å². The molecule has 0 spiro atoms. The maximum atomic E-state index is 13.2. The molecule has 3 aliphatic rings. The Labute approximate surface area is 151 Å². The highest BCUT2D eigenvalue weighted by molar-refractivity contribution is 6.01. The standard InChI is InChI=1S/C19H21NO6/c1-12(21)20-16(2)11-18(14(22)24-4)17(3,26-16)25-15(23)19(18,20)10-13-8-6-5-7-9-13/h5-9H,10-11H2,1-4H3/t16-,17-,18+,19+/m1/s1. The summed E-state index contributed by atoms with van der Waals surface area (Å²) in [7, 11) is 1.27. The maximum Gasteiger partial charge on any atom is 0.336 e. The second-order valence-electron chi connectivity index (χ2n) is 7.56. The number of carbonyl (C=O) groups is 3. The molecule has 1 amide bonds. The molecule has 0 radical (unpaired) electrons. The number of benzene rings is 1. The van der Waals surface area contributed by atoms with Gasteiger partial charge in [0.05, 0.1) is 7.11 Å². The van der Waals surface area contributed by atoms with Crippen LogP contribution in [0, 0.1) is 5.41 Å². The largest absolute Gasteiger partial charge is 0.468 e. The molecule has 3 heterocycles. The molecular weight excluding hydrogens is 338 g/mol. The smallest absolute Gasteiger partial charge is 0.336 e. The number of hydrogen-bond acceptors (Lipinski definition) is 6. The van der Waals surface area contributed by atoms with Gasteiger partial charge in [0.25, 0.3) is 0 Å². The van der Waals surface area contributed by atoms with Crippen LogP contribution in [0.2, 0.25) is 0 Å². The van der Waals surface area contributed by atoms with E-state index in [0.717, 1.165) is 5.56 Å². The maximum absolute atomic E-state index is 13.2. The number of methoxy groups -OCH3 is 1. The Kier molecular flexibility index (Phi) is 3.18. The van der Waals surface area contributed by atoms with Crippen LogP contribution in [0.5, 0.6) is 0 Å². The molecule has 3 fully saturated rings. The van der Waals surface area contributed by atoms with Gasteiger partial charge in [0.2, 0.25) is 11.7 Å². The monoisotopic (exact) mass is 359 g/mol. The molecule has 0 saturated carbocycles. The zero-order valence-corrected chi connectivity index (χ0v) is 15.2. The minimum atomic E-state index is -1.50. The fraction of sp³-hybridized carbons (Fsp3) is 0.526. The Morgan fingerprint density at radius 2 is 1.88 bits per heavy atom. The van der Waals surface area contributed by atoms with E-state index in [1.54, 1.807) is 13.8 Å². The number of nitrogens with zero attached hydrogens (tertiary/aromatic N) is 1. The van der Waals surface area contributed by atoms with Crippen LogP contribution >= 0.6 is 0 Å². The van der Waals surface area contributed by atoms with Gasteiger partial charge in [-0.05, 0) is 12.5 Å². The highest BCUT2D eigenvalue weighted by atomic mass is 16.8. The lowest BCUT2D eigenvalue weighted by Crippen LogP contribution is -2.70. The van der Waals surface area contributed by atoms with Crippen LogP contribution in [0.1, 0.15) is 32.8 Å². The number of amides is 1. The third-order valence-electron chi connectivity index (χ3n) is 6.12. The van der Waals surface area contributed by atoms with E-state index in [2.05, 4.69) is 0 Å². The van der Waals surface area contributed by atoms with Crippen molar-refractivity contribution in [1.29, 1.82) is 0 Å². The van der Waals surface area contributed by atoms with Crippen LogP contribution in [0.4, 0.5) is 0 Å². The lowest BCUT2D eigenvalue weighted by atomic mass is 9.64. The summed E-state index contributed by atoms with van der Waals surface area (Å²) in [6, 6.07) is 9.27. The molecule has 26 heavy (non-hydrogen) atoms. The minimum Gasteiger partial charge on any atom is -0.468 e. The number of likely N-dealkylation sites (tertiary alicyclic amines) is 1. The van der Waals surface area contributed by atoms with Crippen LogP contribution in [-0.4, -0.2) is 46.9 Å². The Balaban J connectivity index is 2.01. The number of ether oxygens (including phenoxy) is 3. The summed E-state index contributed by atoms with van der Waals surface area (Å²) in [6.45, 7) is 4.67. The third-order valence-corrected chi connectivity index (χ3v) is 6.12. The molecule has 0 N–H and O–H groups in total. The van der Waals surface area contributed by atoms with Crippen LogP contribution in [0.15, 0.2) is 30.3 Å². The summed E-state index contributed by atoms with van der Waals surface area (Å²) in [5.74, 6) is -3.07. The second kappa shape index (κ2) is 4.85. The first-order valence-corrected chi connectivity index (χ1v) is 8.54. The topological polar surface area (TPSA) is 82.1 Å². The summed E-state index contributed by atoms with van der Waals surface area (Å²) in [5.41, 5.74) is -3.24. The van der Waals surface area contributed by atoms with Crippen LogP contribution in [-0.2, 0) is 35.0 Å². The van der Waals surface area contributed by atoms with E-state index in [-0.39, 0.29) is 18.7 Å². The molecule has 1 aromatic carbocycles. The molecular formula is C19H21NO6. The third kappa shape index (κ3) is 1.60.